The number of nitrogens with one attached hydrogen (secondary N) is 1. The summed E-state index contributed by atoms with van der Waals surface area (Å²) in [4.78, 5) is 0. The molecule has 1 saturated heterocycles. The van der Waals surface area contributed by atoms with Crippen molar-refractivity contribution in [3.05, 3.63) is 0 Å². The highest BCUT2D eigenvalue weighted by atomic mass is 32.2. The Bertz CT molecular complexity index is 322. The summed E-state index contributed by atoms with van der Waals surface area (Å²) in [6.07, 6.45) is 3.98. The molecule has 0 saturated carbocycles. The van der Waals surface area contributed by atoms with Gasteiger partial charge in [0, 0.05) is 13.6 Å². The molecule has 4 nitrogen and oxygen atoms in total. The monoisotopic (exact) mass is 276 g/mol. The van der Waals surface area contributed by atoms with E-state index in [-0.39, 0.29) is 0 Å². The summed E-state index contributed by atoms with van der Waals surface area (Å²) in [6.45, 7) is 6.96. The van der Waals surface area contributed by atoms with Gasteiger partial charge in [0.2, 0.25) is 10.0 Å². The van der Waals surface area contributed by atoms with Gasteiger partial charge < -0.3 is 5.32 Å². The van der Waals surface area contributed by atoms with Crippen LogP contribution >= 0.6 is 0 Å². The minimum absolute atomic E-state index is 0.312. The zero-order chi connectivity index (χ0) is 13.6. The zero-order valence-electron chi connectivity index (χ0n) is 12.0. The van der Waals surface area contributed by atoms with Gasteiger partial charge in [-0.25, -0.2) is 12.7 Å². The summed E-state index contributed by atoms with van der Waals surface area (Å²) >= 11 is 0. The highest BCUT2D eigenvalue weighted by Crippen LogP contribution is 2.17. The van der Waals surface area contributed by atoms with Crippen molar-refractivity contribution >= 4 is 10.0 Å². The molecule has 0 spiro atoms. The number of hydrogen-bond donors (Lipinski definition) is 1. The summed E-state index contributed by atoms with van der Waals surface area (Å²) in [7, 11) is -1.33. The molecule has 0 bridgehead atoms. The van der Waals surface area contributed by atoms with Crippen molar-refractivity contribution in [1.29, 1.82) is 0 Å². The standard InChI is InChI=1S/C13H28N2O2S/c1-12(2)6-10-15(3)18(16,17)11-7-13-4-8-14-9-5-13/h12-14H,4-11H2,1-3H3. The van der Waals surface area contributed by atoms with Crippen molar-refractivity contribution in [2.24, 2.45) is 11.8 Å². The van der Waals surface area contributed by atoms with Crippen LogP contribution in [0.5, 0.6) is 0 Å². The highest BCUT2D eigenvalue weighted by molar-refractivity contribution is 7.89. The van der Waals surface area contributed by atoms with E-state index in [9.17, 15) is 8.42 Å². The Morgan fingerprint density at radius 1 is 1.28 bits per heavy atom. The van der Waals surface area contributed by atoms with Gasteiger partial charge in [0.1, 0.15) is 0 Å². The minimum Gasteiger partial charge on any atom is -0.317 e. The fourth-order valence-corrected chi connectivity index (χ4v) is 3.55. The molecule has 1 aliphatic heterocycles. The van der Waals surface area contributed by atoms with Gasteiger partial charge in [-0.2, -0.15) is 0 Å². The molecule has 1 fully saturated rings. The first-order valence-corrected chi connectivity index (χ1v) is 8.67. The number of sulfonamides is 1. The Morgan fingerprint density at radius 2 is 1.89 bits per heavy atom. The first-order chi connectivity index (χ1) is 8.42. The molecule has 1 N–H and O–H groups in total. The minimum atomic E-state index is -3.04. The van der Waals surface area contributed by atoms with E-state index in [2.05, 4.69) is 19.2 Å². The van der Waals surface area contributed by atoms with Gasteiger partial charge >= 0.3 is 0 Å². The molecule has 0 atom stereocenters. The fraction of sp³-hybridized carbons (Fsp3) is 1.00. The molecule has 18 heavy (non-hydrogen) atoms. The number of piperidine rings is 1. The van der Waals surface area contributed by atoms with Gasteiger partial charge in [0.05, 0.1) is 5.75 Å². The Kier molecular flexibility index (Phi) is 6.60. The number of nitrogens with zero attached hydrogens (tertiary/aromatic N) is 1. The molecule has 1 rings (SSSR count). The van der Waals surface area contributed by atoms with E-state index < -0.39 is 10.0 Å². The van der Waals surface area contributed by atoms with E-state index in [0.717, 1.165) is 38.8 Å². The van der Waals surface area contributed by atoms with E-state index in [0.29, 0.717) is 24.1 Å². The van der Waals surface area contributed by atoms with E-state index in [1.807, 2.05) is 0 Å². The molecule has 0 aromatic heterocycles. The van der Waals surface area contributed by atoms with Crippen LogP contribution in [0.3, 0.4) is 0 Å². The Morgan fingerprint density at radius 3 is 2.44 bits per heavy atom. The molecular formula is C13H28N2O2S. The van der Waals surface area contributed by atoms with Gasteiger partial charge in [-0.1, -0.05) is 13.8 Å². The average Bonchev–Trinajstić information content (AvgIpc) is 2.34. The quantitative estimate of drug-likeness (QED) is 0.770. The molecule has 0 aromatic rings. The summed E-state index contributed by atoms with van der Waals surface area (Å²) < 4.78 is 25.7. The first-order valence-electron chi connectivity index (χ1n) is 7.06. The molecule has 0 amide bonds. The van der Waals surface area contributed by atoms with Crippen LogP contribution in [0.15, 0.2) is 0 Å². The van der Waals surface area contributed by atoms with Gasteiger partial charge in [-0.3, -0.25) is 0 Å². The maximum Gasteiger partial charge on any atom is 0.213 e. The van der Waals surface area contributed by atoms with Crippen molar-refractivity contribution in [3.8, 4) is 0 Å². The lowest BCUT2D eigenvalue weighted by atomic mass is 9.96. The third kappa shape index (κ3) is 5.67. The van der Waals surface area contributed by atoms with Crippen molar-refractivity contribution in [2.45, 2.75) is 39.5 Å². The second kappa shape index (κ2) is 7.46. The molecule has 108 valence electrons. The average molecular weight is 276 g/mol. The third-order valence-corrected chi connectivity index (χ3v) is 5.62. The van der Waals surface area contributed by atoms with Crippen LogP contribution in [-0.4, -0.2) is 45.2 Å². The summed E-state index contributed by atoms with van der Waals surface area (Å²) in [6, 6.07) is 0. The molecule has 0 aromatic carbocycles. The normalized spacial score (nSPS) is 18.7. The molecule has 5 heteroatoms. The van der Waals surface area contributed by atoms with E-state index >= 15 is 0 Å². The number of rotatable bonds is 7. The van der Waals surface area contributed by atoms with Crippen LogP contribution < -0.4 is 5.32 Å². The fourth-order valence-electron chi connectivity index (χ4n) is 2.22. The predicted octanol–water partition coefficient (Wildman–Crippen LogP) is 1.68. The smallest absolute Gasteiger partial charge is 0.213 e. The molecule has 0 aliphatic carbocycles. The van der Waals surface area contributed by atoms with Crippen molar-refractivity contribution in [3.63, 3.8) is 0 Å². The van der Waals surface area contributed by atoms with Crippen molar-refractivity contribution in [2.75, 3.05) is 32.4 Å². The van der Waals surface area contributed by atoms with Crippen LogP contribution in [0.2, 0.25) is 0 Å². The van der Waals surface area contributed by atoms with Crippen LogP contribution in [0, 0.1) is 11.8 Å². The lowest BCUT2D eigenvalue weighted by Gasteiger charge is -2.24. The van der Waals surface area contributed by atoms with Crippen LogP contribution in [0.25, 0.3) is 0 Å². The van der Waals surface area contributed by atoms with Crippen molar-refractivity contribution in [1.82, 2.24) is 9.62 Å². The molecule has 0 unspecified atom stereocenters. The van der Waals surface area contributed by atoms with Crippen molar-refractivity contribution < 1.29 is 8.42 Å². The van der Waals surface area contributed by atoms with Gasteiger partial charge in [0.25, 0.3) is 0 Å². The second-order valence-corrected chi connectivity index (χ2v) is 8.00. The van der Waals surface area contributed by atoms with E-state index in [4.69, 9.17) is 0 Å². The van der Waals surface area contributed by atoms with Gasteiger partial charge in [0.15, 0.2) is 0 Å². The summed E-state index contributed by atoms with van der Waals surface area (Å²) in [5.74, 6) is 1.44. The largest absolute Gasteiger partial charge is 0.317 e. The van der Waals surface area contributed by atoms with Crippen LogP contribution in [-0.2, 0) is 10.0 Å². The van der Waals surface area contributed by atoms with E-state index in [1.165, 1.54) is 4.31 Å². The summed E-state index contributed by atoms with van der Waals surface area (Å²) in [5.41, 5.74) is 0. The lowest BCUT2D eigenvalue weighted by Crippen LogP contribution is -2.33. The Hall–Kier alpha value is -0.130. The molecular weight excluding hydrogens is 248 g/mol. The molecule has 1 heterocycles. The maximum absolute atomic E-state index is 12.1. The Labute approximate surface area is 112 Å². The highest BCUT2D eigenvalue weighted by Gasteiger charge is 2.21. The topological polar surface area (TPSA) is 49.4 Å². The first kappa shape index (κ1) is 15.9. The van der Waals surface area contributed by atoms with E-state index in [1.54, 1.807) is 7.05 Å². The Balaban J connectivity index is 2.33. The van der Waals surface area contributed by atoms with Gasteiger partial charge in [-0.15, -0.1) is 0 Å². The maximum atomic E-state index is 12.1. The predicted molar refractivity (Wildman–Crippen MR) is 76.1 cm³/mol. The molecule has 1 aliphatic rings. The summed E-state index contributed by atoms with van der Waals surface area (Å²) in [5, 5.41) is 3.31. The third-order valence-electron chi connectivity index (χ3n) is 3.74. The van der Waals surface area contributed by atoms with Crippen LogP contribution in [0.1, 0.15) is 39.5 Å². The number of hydrogen-bond acceptors (Lipinski definition) is 3. The lowest BCUT2D eigenvalue weighted by molar-refractivity contribution is 0.361. The van der Waals surface area contributed by atoms with Gasteiger partial charge in [-0.05, 0) is 50.6 Å². The van der Waals surface area contributed by atoms with Crippen LogP contribution in [0.4, 0.5) is 0 Å². The molecule has 0 radical (unpaired) electrons. The second-order valence-electron chi connectivity index (χ2n) is 5.80. The SMILES string of the molecule is CC(C)CCN(C)S(=O)(=O)CCC1CCNCC1. The zero-order valence-corrected chi connectivity index (χ0v) is 12.8.